The highest BCUT2D eigenvalue weighted by molar-refractivity contribution is 7.89. The number of aliphatic hydroxyl groups excluding tert-OH is 1. The number of aliphatic hydroxyl groups is 1. The molecule has 108 valence electrons. The Kier molecular flexibility index (Phi) is 5.86. The standard InChI is InChI=1S/C12H18FNO4S/c1-3-14(6-7-18-2)19(16,17)11-4-5-12(13)10(8-11)9-15/h4-5,8,15H,3,6-7,9H2,1-2H3. The van der Waals surface area contributed by atoms with Gasteiger partial charge in [0.1, 0.15) is 5.82 Å². The molecular weight excluding hydrogens is 273 g/mol. The summed E-state index contributed by atoms with van der Waals surface area (Å²) in [6, 6.07) is 3.39. The number of halogens is 1. The van der Waals surface area contributed by atoms with Crippen molar-refractivity contribution in [3.8, 4) is 0 Å². The number of methoxy groups -OCH3 is 1. The van der Waals surface area contributed by atoms with Crippen molar-refractivity contribution in [3.63, 3.8) is 0 Å². The molecule has 0 aliphatic rings. The molecule has 5 nitrogen and oxygen atoms in total. The summed E-state index contributed by atoms with van der Waals surface area (Å²) in [4.78, 5) is -0.0316. The van der Waals surface area contributed by atoms with Gasteiger partial charge in [0.05, 0.1) is 18.1 Å². The Balaban J connectivity index is 3.11. The largest absolute Gasteiger partial charge is 0.392 e. The van der Waals surface area contributed by atoms with Crippen molar-refractivity contribution >= 4 is 10.0 Å². The first-order chi connectivity index (χ1) is 8.97. The molecule has 0 atom stereocenters. The monoisotopic (exact) mass is 291 g/mol. The Bertz CT molecular complexity index is 518. The van der Waals surface area contributed by atoms with Gasteiger partial charge in [0.2, 0.25) is 10.0 Å². The fraction of sp³-hybridized carbons (Fsp3) is 0.500. The zero-order chi connectivity index (χ0) is 14.5. The molecule has 1 N–H and O–H groups in total. The van der Waals surface area contributed by atoms with Crippen LogP contribution in [0.4, 0.5) is 4.39 Å². The van der Waals surface area contributed by atoms with Crippen LogP contribution in [0.5, 0.6) is 0 Å². The Morgan fingerprint density at radius 2 is 2.11 bits per heavy atom. The molecule has 1 rings (SSSR count). The summed E-state index contributed by atoms with van der Waals surface area (Å²) >= 11 is 0. The summed E-state index contributed by atoms with van der Waals surface area (Å²) < 4.78 is 44.0. The first kappa shape index (κ1) is 16.0. The second-order valence-corrected chi connectivity index (χ2v) is 5.84. The second kappa shape index (κ2) is 6.95. The van der Waals surface area contributed by atoms with Crippen molar-refractivity contribution in [2.45, 2.75) is 18.4 Å². The van der Waals surface area contributed by atoms with Crippen molar-refractivity contribution in [1.82, 2.24) is 4.31 Å². The van der Waals surface area contributed by atoms with Crippen LogP contribution in [0.3, 0.4) is 0 Å². The van der Waals surface area contributed by atoms with Gasteiger partial charge in [0.25, 0.3) is 0 Å². The van der Waals surface area contributed by atoms with Crippen LogP contribution < -0.4 is 0 Å². The second-order valence-electron chi connectivity index (χ2n) is 3.90. The molecule has 1 aromatic rings. The molecule has 1 aromatic carbocycles. The molecule has 0 saturated heterocycles. The van der Waals surface area contributed by atoms with Crippen molar-refractivity contribution in [2.75, 3.05) is 26.8 Å². The van der Waals surface area contributed by atoms with Crippen LogP contribution in [0.25, 0.3) is 0 Å². The number of ether oxygens (including phenoxy) is 1. The molecule has 0 amide bonds. The highest BCUT2D eigenvalue weighted by Gasteiger charge is 2.23. The van der Waals surface area contributed by atoms with E-state index in [9.17, 15) is 12.8 Å². The summed E-state index contributed by atoms with van der Waals surface area (Å²) in [5.41, 5.74) is -0.0381. The summed E-state index contributed by atoms with van der Waals surface area (Å²) in [7, 11) is -2.21. The normalized spacial score (nSPS) is 12.1. The van der Waals surface area contributed by atoms with E-state index in [2.05, 4.69) is 0 Å². The maximum atomic E-state index is 13.3. The molecule has 0 bridgehead atoms. The Morgan fingerprint density at radius 3 is 2.63 bits per heavy atom. The van der Waals surface area contributed by atoms with Crippen LogP contribution in [0.2, 0.25) is 0 Å². The smallest absolute Gasteiger partial charge is 0.243 e. The highest BCUT2D eigenvalue weighted by atomic mass is 32.2. The van der Waals surface area contributed by atoms with E-state index in [-0.39, 0.29) is 30.2 Å². The van der Waals surface area contributed by atoms with E-state index in [1.165, 1.54) is 17.5 Å². The Labute approximate surface area is 112 Å². The lowest BCUT2D eigenvalue weighted by molar-refractivity contribution is 0.180. The first-order valence-electron chi connectivity index (χ1n) is 5.85. The molecular formula is C12H18FNO4S. The summed E-state index contributed by atoms with van der Waals surface area (Å²) in [5, 5.41) is 8.98. The van der Waals surface area contributed by atoms with Gasteiger partial charge in [-0.05, 0) is 18.2 Å². The molecule has 0 fully saturated rings. The van der Waals surface area contributed by atoms with Crippen molar-refractivity contribution < 1.29 is 22.7 Å². The van der Waals surface area contributed by atoms with E-state index in [4.69, 9.17) is 9.84 Å². The predicted molar refractivity (Wildman–Crippen MR) is 68.6 cm³/mol. The van der Waals surface area contributed by atoms with E-state index >= 15 is 0 Å². The number of sulfonamides is 1. The summed E-state index contributed by atoms with van der Waals surface area (Å²) in [5.74, 6) is -0.624. The zero-order valence-corrected chi connectivity index (χ0v) is 11.8. The van der Waals surface area contributed by atoms with Crippen LogP contribution >= 0.6 is 0 Å². The topological polar surface area (TPSA) is 66.8 Å². The number of hydrogen-bond donors (Lipinski definition) is 1. The Morgan fingerprint density at radius 1 is 1.42 bits per heavy atom. The lowest BCUT2D eigenvalue weighted by Crippen LogP contribution is -2.33. The van der Waals surface area contributed by atoms with Gasteiger partial charge in [-0.2, -0.15) is 4.31 Å². The number of likely N-dealkylation sites (N-methyl/N-ethyl adjacent to an activating group) is 1. The highest BCUT2D eigenvalue weighted by Crippen LogP contribution is 2.19. The average molecular weight is 291 g/mol. The van der Waals surface area contributed by atoms with Crippen LogP contribution in [0.1, 0.15) is 12.5 Å². The van der Waals surface area contributed by atoms with Gasteiger partial charge in [-0.15, -0.1) is 0 Å². The fourth-order valence-electron chi connectivity index (χ4n) is 1.62. The molecule has 0 aromatic heterocycles. The minimum Gasteiger partial charge on any atom is -0.392 e. The van der Waals surface area contributed by atoms with Gasteiger partial charge in [-0.3, -0.25) is 0 Å². The van der Waals surface area contributed by atoms with Crippen LogP contribution in [-0.4, -0.2) is 44.6 Å². The number of benzene rings is 1. The first-order valence-corrected chi connectivity index (χ1v) is 7.29. The van der Waals surface area contributed by atoms with E-state index < -0.39 is 22.4 Å². The van der Waals surface area contributed by atoms with E-state index in [1.54, 1.807) is 6.92 Å². The van der Waals surface area contributed by atoms with Gasteiger partial charge >= 0.3 is 0 Å². The molecule has 0 aliphatic carbocycles. The molecule has 0 unspecified atom stereocenters. The number of hydrogen-bond acceptors (Lipinski definition) is 4. The van der Waals surface area contributed by atoms with Crippen molar-refractivity contribution in [3.05, 3.63) is 29.6 Å². The SMILES string of the molecule is CCN(CCOC)S(=O)(=O)c1ccc(F)c(CO)c1. The summed E-state index contributed by atoms with van der Waals surface area (Å²) in [6.45, 7) is 1.96. The Hall–Kier alpha value is -1.02. The maximum absolute atomic E-state index is 13.3. The molecule has 0 radical (unpaired) electrons. The lowest BCUT2D eigenvalue weighted by atomic mass is 10.2. The third-order valence-electron chi connectivity index (χ3n) is 2.72. The minimum absolute atomic E-state index is 0.0316. The lowest BCUT2D eigenvalue weighted by Gasteiger charge is -2.20. The quantitative estimate of drug-likeness (QED) is 0.813. The summed E-state index contributed by atoms with van der Waals surface area (Å²) in [6.07, 6.45) is 0. The average Bonchev–Trinajstić information content (AvgIpc) is 2.39. The van der Waals surface area contributed by atoms with E-state index in [0.29, 0.717) is 0 Å². The van der Waals surface area contributed by atoms with Crippen LogP contribution in [0.15, 0.2) is 23.1 Å². The minimum atomic E-state index is -3.70. The van der Waals surface area contributed by atoms with Gasteiger partial charge < -0.3 is 9.84 Å². The van der Waals surface area contributed by atoms with Crippen LogP contribution in [0, 0.1) is 5.82 Å². The fourth-order valence-corrected chi connectivity index (χ4v) is 3.11. The molecule has 0 saturated carbocycles. The molecule has 0 aliphatic heterocycles. The van der Waals surface area contributed by atoms with E-state index in [1.807, 2.05) is 0 Å². The number of nitrogens with zero attached hydrogens (tertiary/aromatic N) is 1. The van der Waals surface area contributed by atoms with Crippen LogP contribution in [-0.2, 0) is 21.4 Å². The van der Waals surface area contributed by atoms with Gasteiger partial charge in [0.15, 0.2) is 0 Å². The molecule has 19 heavy (non-hydrogen) atoms. The van der Waals surface area contributed by atoms with Gasteiger partial charge in [-0.1, -0.05) is 6.92 Å². The molecule has 0 spiro atoms. The zero-order valence-electron chi connectivity index (χ0n) is 11.0. The molecule has 0 heterocycles. The third-order valence-corrected chi connectivity index (χ3v) is 4.69. The van der Waals surface area contributed by atoms with E-state index in [0.717, 1.165) is 12.1 Å². The maximum Gasteiger partial charge on any atom is 0.243 e. The van der Waals surface area contributed by atoms with Gasteiger partial charge in [0, 0.05) is 25.8 Å². The van der Waals surface area contributed by atoms with Crippen molar-refractivity contribution in [1.29, 1.82) is 0 Å². The van der Waals surface area contributed by atoms with Gasteiger partial charge in [-0.25, -0.2) is 12.8 Å². The molecule has 7 heteroatoms. The number of rotatable bonds is 7. The predicted octanol–water partition coefficient (Wildman–Crippen LogP) is 0.975. The van der Waals surface area contributed by atoms with Crippen molar-refractivity contribution in [2.24, 2.45) is 0 Å². The third kappa shape index (κ3) is 3.73.